The highest BCUT2D eigenvalue weighted by Crippen LogP contribution is 2.38. The molecular formula is C19H13Cl3N2O. The van der Waals surface area contributed by atoms with Crippen molar-refractivity contribution in [2.45, 2.75) is 6.42 Å². The minimum absolute atomic E-state index is 0.0160. The lowest BCUT2D eigenvalue weighted by atomic mass is 10.0. The van der Waals surface area contributed by atoms with E-state index in [0.717, 1.165) is 30.4 Å². The van der Waals surface area contributed by atoms with Gasteiger partial charge in [0.1, 0.15) is 0 Å². The third kappa shape index (κ3) is 2.86. The number of pyridine rings is 1. The number of aromatic nitrogens is 1. The third-order valence-electron chi connectivity index (χ3n) is 4.40. The van der Waals surface area contributed by atoms with Gasteiger partial charge in [0.15, 0.2) is 0 Å². The van der Waals surface area contributed by atoms with Gasteiger partial charge in [-0.2, -0.15) is 0 Å². The van der Waals surface area contributed by atoms with Gasteiger partial charge in [0.05, 0.1) is 31.8 Å². The lowest BCUT2D eigenvalue weighted by Gasteiger charge is -2.31. The molecule has 4 rings (SSSR count). The highest BCUT2D eigenvalue weighted by atomic mass is 35.5. The Morgan fingerprint density at radius 3 is 2.48 bits per heavy atom. The molecule has 0 radical (unpaired) electrons. The Hall–Kier alpha value is -1.81. The predicted octanol–water partition coefficient (Wildman–Crippen LogP) is 5.71. The average Bonchev–Trinajstić information content (AvgIpc) is 2.57. The van der Waals surface area contributed by atoms with Gasteiger partial charge in [0.25, 0.3) is 5.91 Å². The fraction of sp³-hybridized carbons (Fsp3) is 0.158. The van der Waals surface area contributed by atoms with E-state index in [0.29, 0.717) is 26.9 Å². The van der Waals surface area contributed by atoms with E-state index < -0.39 is 0 Å². The number of hydrogen-bond acceptors (Lipinski definition) is 2. The summed E-state index contributed by atoms with van der Waals surface area (Å²) in [5, 5.41) is 1.83. The first-order valence-corrected chi connectivity index (χ1v) is 9.02. The number of fused-ring (bicyclic) bond motifs is 1. The molecule has 2 heterocycles. The summed E-state index contributed by atoms with van der Waals surface area (Å²) < 4.78 is 0. The summed E-state index contributed by atoms with van der Waals surface area (Å²) in [4.78, 5) is 19.4. The summed E-state index contributed by atoms with van der Waals surface area (Å²) in [7, 11) is 0. The molecule has 1 saturated heterocycles. The molecule has 1 aliphatic heterocycles. The van der Waals surface area contributed by atoms with E-state index in [2.05, 4.69) is 4.98 Å². The van der Waals surface area contributed by atoms with Crippen molar-refractivity contribution in [2.24, 2.45) is 0 Å². The van der Waals surface area contributed by atoms with Crippen LogP contribution in [0.1, 0.15) is 16.8 Å². The second-order valence-corrected chi connectivity index (χ2v) is 7.10. The predicted molar refractivity (Wildman–Crippen MR) is 103 cm³/mol. The zero-order valence-electron chi connectivity index (χ0n) is 13.1. The standard InChI is InChI=1S/C19H13Cl3N2O/c20-14-7-6-12(17(21)18(14)22)16-10-13(19(25)24-8-3-9-24)11-4-1-2-5-15(11)23-16/h1-2,4-7,10H,3,8-9H2. The van der Waals surface area contributed by atoms with Crippen molar-refractivity contribution >= 4 is 51.6 Å². The Morgan fingerprint density at radius 2 is 1.76 bits per heavy atom. The van der Waals surface area contributed by atoms with Crippen molar-refractivity contribution in [3.63, 3.8) is 0 Å². The maximum atomic E-state index is 12.8. The second kappa shape index (κ2) is 6.49. The Bertz CT molecular complexity index is 999. The van der Waals surface area contributed by atoms with Gasteiger partial charge in [0, 0.05) is 24.0 Å². The first-order valence-electron chi connectivity index (χ1n) is 7.89. The molecule has 2 aromatic carbocycles. The molecule has 0 unspecified atom stereocenters. The monoisotopic (exact) mass is 390 g/mol. The molecule has 0 N–H and O–H groups in total. The Kier molecular flexibility index (Phi) is 4.32. The SMILES string of the molecule is O=C(c1cc(-c2ccc(Cl)c(Cl)c2Cl)nc2ccccc12)N1CCC1. The highest BCUT2D eigenvalue weighted by molar-refractivity contribution is 6.49. The molecule has 1 aromatic heterocycles. The molecule has 3 nitrogen and oxygen atoms in total. The quantitative estimate of drug-likeness (QED) is 0.524. The van der Waals surface area contributed by atoms with Crippen LogP contribution in [0.5, 0.6) is 0 Å². The number of likely N-dealkylation sites (tertiary alicyclic amines) is 1. The van der Waals surface area contributed by atoms with E-state index in [-0.39, 0.29) is 10.9 Å². The summed E-state index contributed by atoms with van der Waals surface area (Å²) in [5.41, 5.74) is 2.62. The van der Waals surface area contributed by atoms with Crippen LogP contribution >= 0.6 is 34.8 Å². The maximum absolute atomic E-state index is 12.8. The first-order chi connectivity index (χ1) is 12.1. The van der Waals surface area contributed by atoms with Crippen LogP contribution in [0.2, 0.25) is 15.1 Å². The van der Waals surface area contributed by atoms with Crippen LogP contribution in [0.3, 0.4) is 0 Å². The number of carbonyl (C=O) groups is 1. The lowest BCUT2D eigenvalue weighted by molar-refractivity contribution is 0.0654. The maximum Gasteiger partial charge on any atom is 0.254 e. The summed E-state index contributed by atoms with van der Waals surface area (Å²) >= 11 is 18.6. The molecule has 0 atom stereocenters. The molecule has 0 saturated carbocycles. The Balaban J connectivity index is 1.94. The molecule has 25 heavy (non-hydrogen) atoms. The van der Waals surface area contributed by atoms with E-state index in [9.17, 15) is 4.79 Å². The van der Waals surface area contributed by atoms with Gasteiger partial charge in [-0.15, -0.1) is 0 Å². The molecule has 6 heteroatoms. The van der Waals surface area contributed by atoms with Crippen LogP contribution in [-0.2, 0) is 0 Å². The van der Waals surface area contributed by atoms with Gasteiger partial charge in [-0.05, 0) is 30.7 Å². The summed E-state index contributed by atoms with van der Waals surface area (Å²) in [6, 6.07) is 12.8. The molecule has 0 aliphatic carbocycles. The number of rotatable bonds is 2. The molecule has 1 fully saturated rings. The van der Waals surface area contributed by atoms with Gasteiger partial charge in [-0.1, -0.05) is 53.0 Å². The minimum atomic E-state index is 0.0160. The number of halogens is 3. The number of nitrogens with zero attached hydrogens (tertiary/aromatic N) is 2. The van der Waals surface area contributed by atoms with Crippen LogP contribution in [0.25, 0.3) is 22.2 Å². The molecule has 3 aromatic rings. The number of para-hydroxylation sites is 1. The van der Waals surface area contributed by atoms with Crippen LogP contribution in [-0.4, -0.2) is 28.9 Å². The Labute approximate surface area is 160 Å². The smallest absolute Gasteiger partial charge is 0.254 e. The number of carbonyl (C=O) groups excluding carboxylic acids is 1. The van der Waals surface area contributed by atoms with Crippen molar-refractivity contribution in [1.82, 2.24) is 9.88 Å². The van der Waals surface area contributed by atoms with Crippen molar-refractivity contribution in [2.75, 3.05) is 13.1 Å². The molecule has 1 aliphatic rings. The summed E-state index contributed by atoms with van der Waals surface area (Å²) in [6.07, 6.45) is 1.04. The summed E-state index contributed by atoms with van der Waals surface area (Å²) in [6.45, 7) is 1.58. The fourth-order valence-corrected chi connectivity index (χ4v) is 3.54. The van der Waals surface area contributed by atoms with E-state index in [1.165, 1.54) is 0 Å². The molecule has 0 spiro atoms. The van der Waals surface area contributed by atoms with Crippen molar-refractivity contribution in [3.05, 3.63) is 63.1 Å². The lowest BCUT2D eigenvalue weighted by Crippen LogP contribution is -2.42. The third-order valence-corrected chi connectivity index (χ3v) is 5.69. The number of benzene rings is 2. The average molecular weight is 392 g/mol. The van der Waals surface area contributed by atoms with Gasteiger partial charge < -0.3 is 4.90 Å². The van der Waals surface area contributed by atoms with E-state index in [1.807, 2.05) is 29.2 Å². The van der Waals surface area contributed by atoms with Crippen molar-refractivity contribution in [1.29, 1.82) is 0 Å². The molecule has 0 bridgehead atoms. The second-order valence-electron chi connectivity index (χ2n) is 5.94. The van der Waals surface area contributed by atoms with Gasteiger partial charge in [-0.3, -0.25) is 4.79 Å². The minimum Gasteiger partial charge on any atom is -0.338 e. The van der Waals surface area contributed by atoms with Crippen LogP contribution < -0.4 is 0 Å². The van der Waals surface area contributed by atoms with E-state index in [1.54, 1.807) is 18.2 Å². The normalized spacial score (nSPS) is 13.8. The van der Waals surface area contributed by atoms with Crippen molar-refractivity contribution in [3.8, 4) is 11.3 Å². The van der Waals surface area contributed by atoms with E-state index in [4.69, 9.17) is 34.8 Å². The topological polar surface area (TPSA) is 33.2 Å². The van der Waals surface area contributed by atoms with Crippen LogP contribution in [0.15, 0.2) is 42.5 Å². The molecule has 1 amide bonds. The fourth-order valence-electron chi connectivity index (χ4n) is 2.90. The van der Waals surface area contributed by atoms with E-state index >= 15 is 0 Å². The van der Waals surface area contributed by atoms with Crippen molar-refractivity contribution < 1.29 is 4.79 Å². The summed E-state index contributed by atoms with van der Waals surface area (Å²) in [5.74, 6) is 0.0160. The number of hydrogen-bond donors (Lipinski definition) is 0. The van der Waals surface area contributed by atoms with Crippen LogP contribution in [0.4, 0.5) is 0 Å². The highest BCUT2D eigenvalue weighted by Gasteiger charge is 2.24. The zero-order chi connectivity index (χ0) is 17.6. The van der Waals surface area contributed by atoms with Gasteiger partial charge in [-0.25, -0.2) is 4.98 Å². The largest absolute Gasteiger partial charge is 0.338 e. The number of amides is 1. The first kappa shape index (κ1) is 16.6. The zero-order valence-corrected chi connectivity index (χ0v) is 15.4. The van der Waals surface area contributed by atoms with Crippen LogP contribution in [0, 0.1) is 0 Å². The van der Waals surface area contributed by atoms with Gasteiger partial charge >= 0.3 is 0 Å². The Morgan fingerprint density at radius 1 is 1.00 bits per heavy atom. The molecular weight excluding hydrogens is 379 g/mol. The van der Waals surface area contributed by atoms with Gasteiger partial charge in [0.2, 0.25) is 0 Å². The molecule has 126 valence electrons.